The highest BCUT2D eigenvalue weighted by Crippen LogP contribution is 2.37. The number of nitrogens with one attached hydrogen (secondary N) is 1. The molecular weight excluding hydrogens is 445 g/mol. The highest BCUT2D eigenvalue weighted by atomic mass is 79.9. The molecule has 108 valence electrons. The van der Waals surface area contributed by atoms with Crippen molar-refractivity contribution < 1.29 is 0 Å². The van der Waals surface area contributed by atoms with Gasteiger partial charge in [-0.15, -0.1) is 11.3 Å². The van der Waals surface area contributed by atoms with Crippen LogP contribution in [0.4, 0.5) is 0 Å². The minimum atomic E-state index is 0.218. The van der Waals surface area contributed by atoms with Gasteiger partial charge in [0.15, 0.2) is 0 Å². The van der Waals surface area contributed by atoms with Crippen LogP contribution in [0.3, 0.4) is 0 Å². The van der Waals surface area contributed by atoms with Gasteiger partial charge in [0.2, 0.25) is 0 Å². The van der Waals surface area contributed by atoms with Crippen LogP contribution in [0.5, 0.6) is 0 Å². The number of likely N-dealkylation sites (N-methyl/N-ethyl adjacent to an activating group) is 1. The van der Waals surface area contributed by atoms with Crippen molar-refractivity contribution in [1.82, 2.24) is 5.32 Å². The van der Waals surface area contributed by atoms with E-state index in [0.29, 0.717) is 10.0 Å². The summed E-state index contributed by atoms with van der Waals surface area (Å²) >= 11 is 21.1. The molecule has 1 aromatic heterocycles. The summed E-state index contributed by atoms with van der Waals surface area (Å²) in [6.45, 7) is 3.00. The number of benzene rings is 1. The van der Waals surface area contributed by atoms with Crippen molar-refractivity contribution in [3.63, 3.8) is 0 Å². The van der Waals surface area contributed by atoms with E-state index in [1.54, 1.807) is 17.4 Å². The molecule has 0 saturated carbocycles. The zero-order valence-corrected chi connectivity index (χ0v) is 16.2. The molecule has 0 fully saturated rings. The Hall–Kier alpha value is 0.420. The molecule has 0 amide bonds. The minimum absolute atomic E-state index is 0.218. The van der Waals surface area contributed by atoms with Gasteiger partial charge in [0.1, 0.15) is 0 Å². The van der Waals surface area contributed by atoms with Crippen LogP contribution in [0.25, 0.3) is 0 Å². The van der Waals surface area contributed by atoms with Crippen molar-refractivity contribution in [2.75, 3.05) is 6.54 Å². The first kappa shape index (κ1) is 16.8. The molecule has 1 heterocycles. The molecule has 1 N–H and O–H groups in total. The summed E-state index contributed by atoms with van der Waals surface area (Å²) in [4.78, 5) is 0. The number of hydrogen-bond acceptors (Lipinski definition) is 2. The summed E-state index contributed by atoms with van der Waals surface area (Å²) in [7, 11) is 0. The zero-order chi connectivity index (χ0) is 14.7. The fraction of sp³-hybridized carbons (Fsp3) is 0.286. The van der Waals surface area contributed by atoms with Crippen molar-refractivity contribution >= 4 is 66.4 Å². The highest BCUT2D eigenvalue weighted by Gasteiger charge is 2.18. The first-order valence-electron chi connectivity index (χ1n) is 6.13. The lowest BCUT2D eigenvalue weighted by Crippen LogP contribution is -2.23. The van der Waals surface area contributed by atoms with E-state index < -0.39 is 0 Å². The summed E-state index contributed by atoms with van der Waals surface area (Å²) in [5.41, 5.74) is 2.34. The molecule has 1 atom stereocenters. The van der Waals surface area contributed by atoms with Gasteiger partial charge in [-0.05, 0) is 74.2 Å². The maximum atomic E-state index is 6.28. The second-order valence-corrected chi connectivity index (χ2v) is 8.92. The van der Waals surface area contributed by atoms with Crippen LogP contribution in [0.15, 0.2) is 31.8 Å². The number of hydrogen-bond donors (Lipinski definition) is 1. The first-order valence-corrected chi connectivity index (χ1v) is 9.29. The zero-order valence-electron chi connectivity index (χ0n) is 10.7. The second-order valence-electron chi connectivity index (χ2n) is 4.33. The minimum Gasteiger partial charge on any atom is -0.310 e. The van der Waals surface area contributed by atoms with E-state index >= 15 is 0 Å². The average molecular weight is 458 g/mol. The van der Waals surface area contributed by atoms with E-state index in [2.05, 4.69) is 50.2 Å². The van der Waals surface area contributed by atoms with Crippen molar-refractivity contribution in [2.45, 2.75) is 19.4 Å². The molecule has 0 radical (unpaired) electrons. The Kier molecular flexibility index (Phi) is 6.39. The number of thiophene rings is 1. The topological polar surface area (TPSA) is 12.0 Å². The summed E-state index contributed by atoms with van der Waals surface area (Å²) < 4.78 is 2.25. The summed E-state index contributed by atoms with van der Waals surface area (Å²) in [6, 6.07) is 8.02. The van der Waals surface area contributed by atoms with Crippen molar-refractivity contribution in [3.8, 4) is 0 Å². The molecule has 0 aliphatic rings. The Labute approximate surface area is 149 Å². The largest absolute Gasteiger partial charge is 0.310 e. The predicted molar refractivity (Wildman–Crippen MR) is 96.3 cm³/mol. The Bertz CT molecular complexity index is 601. The molecule has 0 aliphatic heterocycles. The lowest BCUT2D eigenvalue weighted by Gasteiger charge is -2.18. The molecular formula is C14H13Br2Cl2NS. The molecule has 0 bridgehead atoms. The molecule has 2 rings (SSSR count). The molecule has 0 saturated heterocycles. The van der Waals surface area contributed by atoms with E-state index in [9.17, 15) is 0 Å². The van der Waals surface area contributed by atoms with Gasteiger partial charge < -0.3 is 5.32 Å². The summed E-state index contributed by atoms with van der Waals surface area (Å²) in [6.07, 6.45) is 0.825. The van der Waals surface area contributed by atoms with Gasteiger partial charge in [-0.1, -0.05) is 36.2 Å². The maximum absolute atomic E-state index is 6.28. The molecule has 6 heteroatoms. The van der Waals surface area contributed by atoms with Gasteiger partial charge in [-0.3, -0.25) is 0 Å². The van der Waals surface area contributed by atoms with Crippen LogP contribution in [0.2, 0.25) is 10.0 Å². The quantitative estimate of drug-likeness (QED) is 0.542. The third kappa shape index (κ3) is 4.21. The number of rotatable bonds is 5. The fourth-order valence-electron chi connectivity index (χ4n) is 2.04. The molecule has 0 aliphatic carbocycles. The SMILES string of the molecule is CCNC(Cc1ccc(Cl)cc1Cl)c1cc(Br)sc1Br. The second kappa shape index (κ2) is 7.61. The fourth-order valence-corrected chi connectivity index (χ4v) is 5.50. The van der Waals surface area contributed by atoms with Crippen molar-refractivity contribution in [2.24, 2.45) is 0 Å². The van der Waals surface area contributed by atoms with Gasteiger partial charge in [0, 0.05) is 16.1 Å². The third-order valence-corrected chi connectivity index (χ3v) is 5.92. The van der Waals surface area contributed by atoms with E-state index in [-0.39, 0.29) is 6.04 Å². The van der Waals surface area contributed by atoms with E-state index in [4.69, 9.17) is 23.2 Å². The Morgan fingerprint density at radius 2 is 2.00 bits per heavy atom. The van der Waals surface area contributed by atoms with Gasteiger partial charge in [-0.25, -0.2) is 0 Å². The van der Waals surface area contributed by atoms with E-state index in [1.165, 1.54) is 5.56 Å². The van der Waals surface area contributed by atoms with Crippen LogP contribution in [-0.2, 0) is 6.42 Å². The van der Waals surface area contributed by atoms with Gasteiger partial charge in [0.25, 0.3) is 0 Å². The Balaban J connectivity index is 2.27. The van der Waals surface area contributed by atoms with Gasteiger partial charge >= 0.3 is 0 Å². The smallest absolute Gasteiger partial charge is 0.0758 e. The summed E-state index contributed by atoms with van der Waals surface area (Å²) in [5, 5.41) is 4.89. The van der Waals surface area contributed by atoms with Crippen LogP contribution in [0, 0.1) is 0 Å². The normalized spacial score (nSPS) is 12.7. The monoisotopic (exact) mass is 455 g/mol. The maximum Gasteiger partial charge on any atom is 0.0758 e. The van der Waals surface area contributed by atoms with Crippen LogP contribution in [-0.4, -0.2) is 6.54 Å². The van der Waals surface area contributed by atoms with Gasteiger partial charge in [-0.2, -0.15) is 0 Å². The Morgan fingerprint density at radius 3 is 2.55 bits per heavy atom. The van der Waals surface area contributed by atoms with Crippen LogP contribution < -0.4 is 5.32 Å². The van der Waals surface area contributed by atoms with E-state index in [0.717, 1.165) is 26.1 Å². The predicted octanol–water partition coefficient (Wildman–Crippen LogP) is 6.47. The Morgan fingerprint density at radius 1 is 1.25 bits per heavy atom. The summed E-state index contributed by atoms with van der Waals surface area (Å²) in [5.74, 6) is 0. The average Bonchev–Trinajstić information content (AvgIpc) is 2.71. The molecule has 1 aromatic carbocycles. The first-order chi connectivity index (χ1) is 9.51. The van der Waals surface area contributed by atoms with Crippen LogP contribution >= 0.6 is 66.4 Å². The van der Waals surface area contributed by atoms with Gasteiger partial charge in [0.05, 0.1) is 7.57 Å². The van der Waals surface area contributed by atoms with Crippen LogP contribution in [0.1, 0.15) is 24.1 Å². The highest BCUT2D eigenvalue weighted by molar-refractivity contribution is 9.12. The van der Waals surface area contributed by atoms with E-state index in [1.807, 2.05) is 12.1 Å². The lowest BCUT2D eigenvalue weighted by atomic mass is 10.0. The molecule has 20 heavy (non-hydrogen) atoms. The number of halogens is 4. The molecule has 1 unspecified atom stereocenters. The van der Waals surface area contributed by atoms with Crippen molar-refractivity contribution in [1.29, 1.82) is 0 Å². The molecule has 2 aromatic rings. The third-order valence-electron chi connectivity index (χ3n) is 2.95. The molecule has 1 nitrogen and oxygen atoms in total. The lowest BCUT2D eigenvalue weighted by molar-refractivity contribution is 0.550. The standard InChI is InChI=1S/C14H13Br2Cl2NS/c1-2-19-12(10-7-13(15)20-14(10)16)5-8-3-4-9(17)6-11(8)18/h3-4,6-7,12,19H,2,5H2,1H3. The molecule has 0 spiro atoms. The van der Waals surface area contributed by atoms with Crippen molar-refractivity contribution in [3.05, 3.63) is 53.0 Å².